The van der Waals surface area contributed by atoms with E-state index in [1.165, 1.54) is 5.56 Å². The zero-order valence-corrected chi connectivity index (χ0v) is 11.5. The van der Waals surface area contributed by atoms with Gasteiger partial charge in [-0.3, -0.25) is 0 Å². The van der Waals surface area contributed by atoms with Gasteiger partial charge in [-0.15, -0.1) is 0 Å². The summed E-state index contributed by atoms with van der Waals surface area (Å²) in [7, 11) is 1.87. The van der Waals surface area contributed by atoms with Crippen LogP contribution in [0.25, 0.3) is 0 Å². The molecule has 2 N–H and O–H groups in total. The Balaban J connectivity index is 2.08. The fraction of sp³-hybridized carbons (Fsp3) is 0.333. The monoisotopic (exact) mass is 256 g/mol. The minimum Gasteiger partial charge on any atom is -0.373 e. The third-order valence-electron chi connectivity index (χ3n) is 2.82. The molecule has 0 saturated carbocycles. The summed E-state index contributed by atoms with van der Waals surface area (Å²) >= 11 is 0. The highest BCUT2D eigenvalue weighted by molar-refractivity contribution is 5.47. The van der Waals surface area contributed by atoms with Crippen molar-refractivity contribution < 1.29 is 0 Å². The van der Waals surface area contributed by atoms with E-state index in [2.05, 4.69) is 39.7 Å². The van der Waals surface area contributed by atoms with Crippen LogP contribution in [-0.4, -0.2) is 17.0 Å². The largest absolute Gasteiger partial charge is 0.373 e. The Bertz CT molecular complexity index is 511. The molecule has 4 nitrogen and oxygen atoms in total. The summed E-state index contributed by atoms with van der Waals surface area (Å²) < 4.78 is 0. The molecule has 0 saturated heterocycles. The van der Waals surface area contributed by atoms with Gasteiger partial charge in [-0.25, -0.2) is 9.97 Å². The molecule has 0 fully saturated rings. The maximum Gasteiger partial charge on any atom is 0.133 e. The van der Waals surface area contributed by atoms with Crippen molar-refractivity contribution in [1.82, 2.24) is 9.97 Å². The van der Waals surface area contributed by atoms with Crippen LogP contribution in [0.4, 0.5) is 11.6 Å². The molecule has 0 aliphatic heterocycles. The average Bonchev–Trinajstić information content (AvgIpc) is 2.46. The predicted octanol–water partition coefficient (Wildman–Crippen LogP) is 3.08. The number of aromatic nitrogens is 2. The Morgan fingerprint density at radius 2 is 1.79 bits per heavy atom. The molecule has 100 valence electrons. The molecule has 2 aromatic rings. The first-order chi connectivity index (χ1) is 9.31. The van der Waals surface area contributed by atoms with Gasteiger partial charge in [-0.2, -0.15) is 0 Å². The molecule has 0 amide bonds. The molecular weight excluding hydrogens is 236 g/mol. The first-order valence-corrected chi connectivity index (χ1v) is 6.65. The SMILES string of the molecule is CCCc1nc(NC)cc(NCc2ccccc2)n1. The molecule has 0 aliphatic rings. The molecule has 19 heavy (non-hydrogen) atoms. The van der Waals surface area contributed by atoms with Crippen molar-refractivity contribution in [2.24, 2.45) is 0 Å². The zero-order chi connectivity index (χ0) is 13.5. The second-order valence-corrected chi connectivity index (χ2v) is 4.39. The van der Waals surface area contributed by atoms with Crippen LogP contribution in [0.1, 0.15) is 24.7 Å². The standard InChI is InChI=1S/C15H20N4/c1-3-7-13-18-14(16-2)10-15(19-13)17-11-12-8-5-4-6-9-12/h4-6,8-10H,3,7,11H2,1-2H3,(H2,16,17,18,19). The molecule has 1 aromatic heterocycles. The van der Waals surface area contributed by atoms with Crippen LogP contribution in [0.3, 0.4) is 0 Å². The van der Waals surface area contributed by atoms with Gasteiger partial charge in [0.15, 0.2) is 0 Å². The third kappa shape index (κ3) is 3.95. The van der Waals surface area contributed by atoms with Crippen molar-refractivity contribution in [2.45, 2.75) is 26.3 Å². The van der Waals surface area contributed by atoms with Gasteiger partial charge >= 0.3 is 0 Å². The van der Waals surface area contributed by atoms with E-state index in [1.54, 1.807) is 0 Å². The van der Waals surface area contributed by atoms with Crippen molar-refractivity contribution in [2.75, 3.05) is 17.7 Å². The van der Waals surface area contributed by atoms with Gasteiger partial charge in [0.25, 0.3) is 0 Å². The molecule has 1 aromatic carbocycles. The lowest BCUT2D eigenvalue weighted by Crippen LogP contribution is -2.06. The van der Waals surface area contributed by atoms with E-state index < -0.39 is 0 Å². The van der Waals surface area contributed by atoms with Crippen molar-refractivity contribution in [3.05, 3.63) is 47.8 Å². The average molecular weight is 256 g/mol. The molecular formula is C15H20N4. The predicted molar refractivity (Wildman–Crippen MR) is 79.3 cm³/mol. The summed E-state index contributed by atoms with van der Waals surface area (Å²) in [6.45, 7) is 2.90. The summed E-state index contributed by atoms with van der Waals surface area (Å²) in [4.78, 5) is 8.96. The van der Waals surface area contributed by atoms with Crippen molar-refractivity contribution >= 4 is 11.6 Å². The Morgan fingerprint density at radius 1 is 1.05 bits per heavy atom. The van der Waals surface area contributed by atoms with Gasteiger partial charge in [0.05, 0.1) is 0 Å². The van der Waals surface area contributed by atoms with Crippen LogP contribution in [0.5, 0.6) is 0 Å². The highest BCUT2D eigenvalue weighted by Crippen LogP contribution is 2.13. The minimum absolute atomic E-state index is 0.770. The lowest BCUT2D eigenvalue weighted by atomic mass is 10.2. The maximum absolute atomic E-state index is 4.52. The third-order valence-corrected chi connectivity index (χ3v) is 2.82. The first-order valence-electron chi connectivity index (χ1n) is 6.65. The fourth-order valence-corrected chi connectivity index (χ4v) is 1.84. The normalized spacial score (nSPS) is 10.2. The Morgan fingerprint density at radius 3 is 2.47 bits per heavy atom. The molecule has 0 aliphatic carbocycles. The van der Waals surface area contributed by atoms with Crippen LogP contribution >= 0.6 is 0 Å². The maximum atomic E-state index is 4.52. The molecule has 0 atom stereocenters. The molecule has 0 bridgehead atoms. The van der Waals surface area contributed by atoms with E-state index in [1.807, 2.05) is 31.3 Å². The summed E-state index contributed by atoms with van der Waals surface area (Å²) in [5, 5.41) is 6.42. The Hall–Kier alpha value is -2.10. The van der Waals surface area contributed by atoms with E-state index in [9.17, 15) is 0 Å². The van der Waals surface area contributed by atoms with Crippen LogP contribution in [0, 0.1) is 0 Å². The number of nitrogens with one attached hydrogen (secondary N) is 2. The highest BCUT2D eigenvalue weighted by Gasteiger charge is 2.03. The van der Waals surface area contributed by atoms with Gasteiger partial charge in [-0.05, 0) is 12.0 Å². The number of benzene rings is 1. The van der Waals surface area contributed by atoms with Crippen molar-refractivity contribution in [1.29, 1.82) is 0 Å². The lowest BCUT2D eigenvalue weighted by molar-refractivity contribution is 0.835. The van der Waals surface area contributed by atoms with Gasteiger partial charge in [-0.1, -0.05) is 37.3 Å². The van der Waals surface area contributed by atoms with Gasteiger partial charge in [0.1, 0.15) is 17.5 Å². The second-order valence-electron chi connectivity index (χ2n) is 4.39. The van der Waals surface area contributed by atoms with Crippen LogP contribution < -0.4 is 10.6 Å². The lowest BCUT2D eigenvalue weighted by Gasteiger charge is -2.09. The first kappa shape index (κ1) is 13.3. The number of hydrogen-bond acceptors (Lipinski definition) is 4. The molecule has 4 heteroatoms. The number of nitrogens with zero attached hydrogens (tertiary/aromatic N) is 2. The second kappa shape index (κ2) is 6.73. The van der Waals surface area contributed by atoms with Crippen molar-refractivity contribution in [3.8, 4) is 0 Å². The van der Waals surface area contributed by atoms with Gasteiger partial charge in [0, 0.05) is 26.1 Å². The van der Waals surface area contributed by atoms with E-state index >= 15 is 0 Å². The molecule has 0 unspecified atom stereocenters. The van der Waals surface area contributed by atoms with Crippen LogP contribution in [0.2, 0.25) is 0 Å². The number of aryl methyl sites for hydroxylation is 1. The van der Waals surface area contributed by atoms with Crippen molar-refractivity contribution in [3.63, 3.8) is 0 Å². The number of rotatable bonds is 6. The van der Waals surface area contributed by atoms with Crippen LogP contribution in [-0.2, 0) is 13.0 Å². The van der Waals surface area contributed by atoms with E-state index in [-0.39, 0.29) is 0 Å². The summed E-state index contributed by atoms with van der Waals surface area (Å²) in [5.41, 5.74) is 1.24. The van der Waals surface area contributed by atoms with E-state index in [4.69, 9.17) is 0 Å². The fourth-order valence-electron chi connectivity index (χ4n) is 1.84. The molecule has 1 heterocycles. The summed E-state index contributed by atoms with van der Waals surface area (Å²) in [5.74, 6) is 2.60. The number of anilines is 2. The molecule has 0 spiro atoms. The summed E-state index contributed by atoms with van der Waals surface area (Å²) in [6.07, 6.45) is 1.95. The van der Waals surface area contributed by atoms with Crippen LogP contribution in [0.15, 0.2) is 36.4 Å². The quantitative estimate of drug-likeness (QED) is 0.834. The Kier molecular flexibility index (Phi) is 4.72. The minimum atomic E-state index is 0.770. The molecule has 2 rings (SSSR count). The Labute approximate surface area is 114 Å². The van der Waals surface area contributed by atoms with Gasteiger partial charge in [0.2, 0.25) is 0 Å². The zero-order valence-electron chi connectivity index (χ0n) is 11.5. The smallest absolute Gasteiger partial charge is 0.133 e. The summed E-state index contributed by atoms with van der Waals surface area (Å²) in [6, 6.07) is 12.2. The topological polar surface area (TPSA) is 49.8 Å². The number of hydrogen-bond donors (Lipinski definition) is 2. The molecule has 0 radical (unpaired) electrons. The van der Waals surface area contributed by atoms with E-state index in [0.29, 0.717) is 0 Å². The van der Waals surface area contributed by atoms with Gasteiger partial charge < -0.3 is 10.6 Å². The van der Waals surface area contributed by atoms with E-state index in [0.717, 1.165) is 36.8 Å². The highest BCUT2D eigenvalue weighted by atomic mass is 15.1.